The molecule has 1 saturated carbocycles. The number of carbonyl (C=O) groups excluding carboxylic acids is 1. The molecule has 0 spiro atoms. The Bertz CT molecular complexity index is 464. The molecule has 0 bridgehead atoms. The van der Waals surface area contributed by atoms with Crippen LogP contribution >= 0.6 is 0 Å². The van der Waals surface area contributed by atoms with Gasteiger partial charge in [0.2, 0.25) is 5.91 Å². The number of hydrogen-bond acceptors (Lipinski definition) is 3. The Balaban J connectivity index is 0.000000956. The monoisotopic (exact) mass is 282 g/mol. The number of carbonyl (C=O) groups is 1. The van der Waals surface area contributed by atoms with Crippen LogP contribution in [0.1, 0.15) is 51.5 Å². The lowest BCUT2D eigenvalue weighted by Crippen LogP contribution is -2.20. The molecule has 1 aromatic rings. The van der Waals surface area contributed by atoms with Crippen LogP contribution in [0.2, 0.25) is 0 Å². The summed E-state index contributed by atoms with van der Waals surface area (Å²) >= 11 is 0. The molecule has 5 heteroatoms. The maximum Gasteiger partial charge on any atom is 0.220 e. The van der Waals surface area contributed by atoms with Crippen molar-refractivity contribution in [3.8, 4) is 0 Å². The molecular formula is C15H23FN2O2. The summed E-state index contributed by atoms with van der Waals surface area (Å²) in [6.45, 7) is 5.77. The van der Waals surface area contributed by atoms with Crippen LogP contribution in [0.25, 0.3) is 6.08 Å². The van der Waals surface area contributed by atoms with Gasteiger partial charge in [0.15, 0.2) is 5.76 Å². The Hall–Kier alpha value is -1.65. The van der Waals surface area contributed by atoms with E-state index in [9.17, 15) is 9.18 Å². The minimum Gasteiger partial charge on any atom is -0.369 e. The topological polar surface area (TPSA) is 69.1 Å². The van der Waals surface area contributed by atoms with Crippen LogP contribution in [0.4, 0.5) is 4.39 Å². The molecule has 0 radical (unpaired) electrons. The van der Waals surface area contributed by atoms with E-state index < -0.39 is 0 Å². The van der Waals surface area contributed by atoms with E-state index >= 15 is 0 Å². The van der Waals surface area contributed by atoms with Gasteiger partial charge >= 0.3 is 0 Å². The largest absolute Gasteiger partial charge is 0.369 e. The fraction of sp³-hybridized carbons (Fsp3) is 0.600. The van der Waals surface area contributed by atoms with E-state index in [4.69, 9.17) is 10.3 Å². The average molecular weight is 282 g/mol. The van der Waals surface area contributed by atoms with Crippen molar-refractivity contribution >= 4 is 12.0 Å². The Kier molecular flexibility index (Phi) is 6.42. The normalized spacial score (nSPS) is 16.3. The predicted molar refractivity (Wildman–Crippen MR) is 76.3 cm³/mol. The Labute approximate surface area is 119 Å². The zero-order chi connectivity index (χ0) is 15.1. The number of primary amides is 1. The van der Waals surface area contributed by atoms with Gasteiger partial charge in [-0.25, -0.2) is 4.39 Å². The highest BCUT2D eigenvalue weighted by Crippen LogP contribution is 2.38. The average Bonchev–Trinajstić information content (AvgIpc) is 3.20. The molecule has 1 aromatic heterocycles. The molecular weight excluding hydrogens is 259 g/mol. The van der Waals surface area contributed by atoms with Crippen LogP contribution in [-0.4, -0.2) is 11.1 Å². The third-order valence-corrected chi connectivity index (χ3v) is 3.14. The highest BCUT2D eigenvalue weighted by Gasteiger charge is 2.26. The molecule has 112 valence electrons. The van der Waals surface area contributed by atoms with Gasteiger partial charge in [0.1, 0.15) is 5.83 Å². The van der Waals surface area contributed by atoms with Crippen LogP contribution in [0.5, 0.6) is 0 Å². The standard InChI is InChI=1S/C13H17FN2O2.C2H6/c1-8(13(15)17)2-5-10-6-11(18-16-10)7-12(14)9-3-4-9;1-2/h6-9H,2-5H2,1H3,(H2,15,17);1-2H3/b12-7-;. The smallest absolute Gasteiger partial charge is 0.220 e. The summed E-state index contributed by atoms with van der Waals surface area (Å²) in [5, 5.41) is 3.84. The van der Waals surface area contributed by atoms with Crippen molar-refractivity contribution in [2.75, 3.05) is 0 Å². The van der Waals surface area contributed by atoms with Gasteiger partial charge in [0.05, 0.1) is 5.69 Å². The Morgan fingerprint density at radius 2 is 2.25 bits per heavy atom. The summed E-state index contributed by atoms with van der Waals surface area (Å²) in [4.78, 5) is 10.9. The summed E-state index contributed by atoms with van der Waals surface area (Å²) in [5.74, 6) is -0.139. The molecule has 1 amide bonds. The van der Waals surface area contributed by atoms with E-state index in [1.807, 2.05) is 13.8 Å². The van der Waals surface area contributed by atoms with Gasteiger partial charge in [0, 0.05) is 24.0 Å². The van der Waals surface area contributed by atoms with Crippen LogP contribution in [0.3, 0.4) is 0 Å². The van der Waals surface area contributed by atoms with Crippen molar-refractivity contribution in [2.24, 2.45) is 17.6 Å². The van der Waals surface area contributed by atoms with Crippen molar-refractivity contribution in [1.82, 2.24) is 5.16 Å². The number of hydrogen-bond donors (Lipinski definition) is 1. The molecule has 4 nitrogen and oxygen atoms in total. The first kappa shape index (κ1) is 16.4. The van der Waals surface area contributed by atoms with Gasteiger partial charge < -0.3 is 10.3 Å². The van der Waals surface area contributed by atoms with Crippen molar-refractivity contribution in [1.29, 1.82) is 0 Å². The SMILES string of the molecule is CC.CC(CCc1cc(/C=C(\F)C2CC2)on1)C(N)=O. The molecule has 1 atom stereocenters. The molecule has 20 heavy (non-hydrogen) atoms. The molecule has 0 saturated heterocycles. The summed E-state index contributed by atoms with van der Waals surface area (Å²) < 4.78 is 18.4. The van der Waals surface area contributed by atoms with E-state index in [0.717, 1.165) is 18.5 Å². The fourth-order valence-electron chi connectivity index (χ4n) is 1.63. The number of amides is 1. The summed E-state index contributed by atoms with van der Waals surface area (Å²) in [5.41, 5.74) is 5.89. The summed E-state index contributed by atoms with van der Waals surface area (Å²) in [6.07, 6.45) is 4.45. The highest BCUT2D eigenvalue weighted by atomic mass is 19.1. The first-order valence-corrected chi connectivity index (χ1v) is 7.18. The quantitative estimate of drug-likeness (QED) is 0.868. The molecule has 2 rings (SSSR count). The number of aryl methyl sites for hydroxylation is 1. The zero-order valence-electron chi connectivity index (χ0n) is 12.4. The number of allylic oxidation sites excluding steroid dienone is 1. The van der Waals surface area contributed by atoms with Gasteiger partial charge in [-0.1, -0.05) is 25.9 Å². The summed E-state index contributed by atoms with van der Waals surface area (Å²) in [6, 6.07) is 1.70. The zero-order valence-corrected chi connectivity index (χ0v) is 12.4. The second kappa shape index (κ2) is 7.82. The van der Waals surface area contributed by atoms with Gasteiger partial charge in [0.25, 0.3) is 0 Å². The van der Waals surface area contributed by atoms with Crippen molar-refractivity contribution in [3.63, 3.8) is 0 Å². The molecule has 2 N–H and O–H groups in total. The maximum atomic E-state index is 13.4. The van der Waals surface area contributed by atoms with Crippen LogP contribution in [-0.2, 0) is 11.2 Å². The number of nitrogens with two attached hydrogens (primary N) is 1. The number of rotatable bonds is 6. The number of halogens is 1. The van der Waals surface area contributed by atoms with Crippen molar-refractivity contribution in [2.45, 2.75) is 46.5 Å². The molecule has 1 aliphatic rings. The lowest BCUT2D eigenvalue weighted by atomic mass is 10.0. The first-order chi connectivity index (χ1) is 9.56. The molecule has 1 fully saturated rings. The third kappa shape index (κ3) is 5.15. The first-order valence-electron chi connectivity index (χ1n) is 7.18. The molecule has 1 heterocycles. The van der Waals surface area contributed by atoms with Crippen molar-refractivity contribution in [3.05, 3.63) is 23.3 Å². The second-order valence-electron chi connectivity index (χ2n) is 4.87. The maximum absolute atomic E-state index is 13.4. The molecule has 1 unspecified atom stereocenters. The van der Waals surface area contributed by atoms with Gasteiger partial charge in [-0.05, 0) is 25.7 Å². The van der Waals surface area contributed by atoms with Crippen LogP contribution in [0.15, 0.2) is 16.4 Å². The minimum atomic E-state index is -0.321. The van der Waals surface area contributed by atoms with Crippen LogP contribution in [0, 0.1) is 11.8 Å². The lowest BCUT2D eigenvalue weighted by Gasteiger charge is -2.03. The fourth-order valence-corrected chi connectivity index (χ4v) is 1.63. The minimum absolute atomic E-state index is 0.0773. The van der Waals surface area contributed by atoms with E-state index in [-0.39, 0.29) is 23.6 Å². The number of nitrogens with zero attached hydrogens (tertiary/aromatic N) is 1. The molecule has 0 aromatic carbocycles. The van der Waals surface area contributed by atoms with Gasteiger partial charge in [-0.15, -0.1) is 0 Å². The highest BCUT2D eigenvalue weighted by molar-refractivity contribution is 5.76. The lowest BCUT2D eigenvalue weighted by molar-refractivity contribution is -0.121. The Morgan fingerprint density at radius 1 is 1.60 bits per heavy atom. The molecule has 1 aliphatic carbocycles. The summed E-state index contributed by atoms with van der Waals surface area (Å²) in [7, 11) is 0. The van der Waals surface area contributed by atoms with Gasteiger partial charge in [-0.3, -0.25) is 4.79 Å². The van der Waals surface area contributed by atoms with Gasteiger partial charge in [-0.2, -0.15) is 0 Å². The number of aromatic nitrogens is 1. The van der Waals surface area contributed by atoms with E-state index in [2.05, 4.69) is 5.16 Å². The molecule has 0 aliphatic heterocycles. The Morgan fingerprint density at radius 3 is 2.80 bits per heavy atom. The van der Waals surface area contributed by atoms with Crippen molar-refractivity contribution < 1.29 is 13.7 Å². The van der Waals surface area contributed by atoms with E-state index in [1.165, 1.54) is 6.08 Å². The third-order valence-electron chi connectivity index (χ3n) is 3.14. The van der Waals surface area contributed by atoms with E-state index in [1.54, 1.807) is 13.0 Å². The second-order valence-corrected chi connectivity index (χ2v) is 4.87. The van der Waals surface area contributed by atoms with Crippen LogP contribution < -0.4 is 5.73 Å². The van der Waals surface area contributed by atoms with E-state index in [0.29, 0.717) is 18.6 Å². The predicted octanol–water partition coefficient (Wildman–Crippen LogP) is 3.48.